The molecule has 20 heavy (non-hydrogen) atoms. The molecule has 5 heteroatoms. The summed E-state index contributed by atoms with van der Waals surface area (Å²) >= 11 is 0. The lowest BCUT2D eigenvalue weighted by molar-refractivity contribution is 0.304. The van der Waals surface area contributed by atoms with Gasteiger partial charge in [0.2, 0.25) is 0 Å². The Morgan fingerprint density at radius 3 is 2.50 bits per heavy atom. The molecule has 0 fully saturated rings. The van der Waals surface area contributed by atoms with Crippen LogP contribution < -0.4 is 10.2 Å². The molecule has 0 saturated carbocycles. The highest BCUT2D eigenvalue weighted by Gasteiger charge is 2.16. The predicted molar refractivity (Wildman–Crippen MR) is 76.5 cm³/mol. The molecular weight excluding hydrogens is 258 g/mol. The van der Waals surface area contributed by atoms with E-state index in [-0.39, 0.29) is 12.1 Å². The molecule has 0 aromatic heterocycles. The van der Waals surface area contributed by atoms with Crippen molar-refractivity contribution < 1.29 is 19.2 Å². The molecule has 0 bridgehead atoms. The summed E-state index contributed by atoms with van der Waals surface area (Å²) in [5, 5.41) is 18.1. The highest BCUT2D eigenvalue weighted by atomic mass is 19.1. The molecule has 104 valence electrons. The van der Waals surface area contributed by atoms with Crippen LogP contribution in [0.2, 0.25) is 0 Å². The van der Waals surface area contributed by atoms with Gasteiger partial charge in [0.15, 0.2) is 0 Å². The van der Waals surface area contributed by atoms with Crippen molar-refractivity contribution in [3.05, 3.63) is 58.9 Å². The van der Waals surface area contributed by atoms with Crippen molar-refractivity contribution in [1.29, 1.82) is 0 Å². The van der Waals surface area contributed by atoms with Crippen molar-refractivity contribution in [3.8, 4) is 5.75 Å². The van der Waals surface area contributed by atoms with Crippen LogP contribution in [0.3, 0.4) is 0 Å². The van der Waals surface area contributed by atoms with Crippen LogP contribution >= 0.6 is 0 Å². The van der Waals surface area contributed by atoms with Crippen molar-refractivity contribution in [2.45, 2.75) is 20.5 Å². The minimum absolute atomic E-state index is 0.147. The molecule has 2 N–H and O–H groups in total. The molecule has 0 aliphatic heterocycles. The normalized spacial score (nSPS) is 10.4. The van der Waals surface area contributed by atoms with Crippen molar-refractivity contribution in [2.75, 3.05) is 0 Å². The second-order valence-electron chi connectivity index (χ2n) is 4.79. The lowest BCUT2D eigenvalue weighted by Gasteiger charge is -2.11. The zero-order chi connectivity index (χ0) is 14.7. The van der Waals surface area contributed by atoms with Crippen LogP contribution in [0.4, 0.5) is 4.39 Å². The van der Waals surface area contributed by atoms with E-state index in [1.807, 2.05) is 32.0 Å². The largest absolute Gasteiger partial charge is 0.491 e. The van der Waals surface area contributed by atoms with E-state index in [0.717, 1.165) is 16.9 Å². The Balaban J connectivity index is 2.13. The van der Waals surface area contributed by atoms with E-state index in [2.05, 4.69) is 0 Å². The molecule has 0 amide bonds. The molecule has 0 radical (unpaired) electrons. The number of hydrogen-bond acceptors (Lipinski definition) is 3. The fraction of sp³-hybridized carbons (Fsp3) is 0.200. The molecule has 0 spiro atoms. The van der Waals surface area contributed by atoms with Crippen molar-refractivity contribution in [3.63, 3.8) is 0 Å². The quantitative estimate of drug-likeness (QED) is 0.834. The molecule has 3 nitrogen and oxygen atoms in total. The van der Waals surface area contributed by atoms with Gasteiger partial charge in [0.05, 0.1) is 0 Å². The summed E-state index contributed by atoms with van der Waals surface area (Å²) in [6.45, 7) is 4.20. The van der Waals surface area contributed by atoms with E-state index in [1.54, 1.807) is 6.07 Å². The molecule has 0 saturated heterocycles. The Bertz CT molecular complexity index is 614. The van der Waals surface area contributed by atoms with Crippen LogP contribution in [0.15, 0.2) is 36.4 Å². The number of ether oxygens (including phenoxy) is 1. The molecule has 2 rings (SSSR count). The average molecular weight is 274 g/mol. The Hall–Kier alpha value is -1.85. The van der Waals surface area contributed by atoms with Gasteiger partial charge in [-0.3, -0.25) is 0 Å². The first kappa shape index (κ1) is 14.6. The lowest BCUT2D eigenvalue weighted by atomic mass is 9.79. The first-order chi connectivity index (χ1) is 9.47. The van der Waals surface area contributed by atoms with Crippen LogP contribution in [0.5, 0.6) is 5.75 Å². The summed E-state index contributed by atoms with van der Waals surface area (Å²) in [5.74, 6) is 0.112. The van der Waals surface area contributed by atoms with Crippen LogP contribution in [0.25, 0.3) is 0 Å². The van der Waals surface area contributed by atoms with Gasteiger partial charge in [-0.15, -0.1) is 0 Å². The maximum atomic E-state index is 13.3. The maximum absolute atomic E-state index is 13.3. The van der Waals surface area contributed by atoms with Gasteiger partial charge in [0, 0.05) is 5.46 Å². The Morgan fingerprint density at radius 1 is 1.10 bits per heavy atom. The molecule has 0 aliphatic carbocycles. The predicted octanol–water partition coefficient (Wildman–Crippen LogP) is 1.70. The van der Waals surface area contributed by atoms with Crippen molar-refractivity contribution in [1.82, 2.24) is 0 Å². The molecule has 0 aliphatic rings. The minimum atomic E-state index is -1.82. The third kappa shape index (κ3) is 3.38. The summed E-state index contributed by atoms with van der Waals surface area (Å²) in [6.07, 6.45) is 0. The summed E-state index contributed by atoms with van der Waals surface area (Å²) in [4.78, 5) is 0. The molecule has 0 heterocycles. The second-order valence-corrected chi connectivity index (χ2v) is 4.79. The molecule has 0 atom stereocenters. The van der Waals surface area contributed by atoms with Gasteiger partial charge in [-0.2, -0.15) is 0 Å². The van der Waals surface area contributed by atoms with Gasteiger partial charge in [-0.25, -0.2) is 4.39 Å². The van der Waals surface area contributed by atoms with Crippen molar-refractivity contribution >= 4 is 12.6 Å². The number of rotatable bonds is 4. The van der Waals surface area contributed by atoms with Gasteiger partial charge in [0.1, 0.15) is 18.2 Å². The molecule has 2 aromatic rings. The number of benzene rings is 2. The maximum Gasteiger partial charge on any atom is 0.491 e. The highest BCUT2D eigenvalue weighted by Crippen LogP contribution is 2.20. The van der Waals surface area contributed by atoms with Crippen LogP contribution in [0, 0.1) is 19.7 Å². The third-order valence-electron chi connectivity index (χ3n) is 3.06. The highest BCUT2D eigenvalue weighted by molar-refractivity contribution is 6.58. The smallest absolute Gasteiger partial charge is 0.489 e. The summed E-state index contributed by atoms with van der Waals surface area (Å²) in [7, 11) is -1.82. The van der Waals surface area contributed by atoms with Gasteiger partial charge >= 0.3 is 7.12 Å². The van der Waals surface area contributed by atoms with Crippen LogP contribution in [-0.2, 0) is 6.61 Å². The first-order valence-corrected chi connectivity index (χ1v) is 6.32. The van der Waals surface area contributed by atoms with Gasteiger partial charge < -0.3 is 14.8 Å². The number of halogens is 1. The van der Waals surface area contributed by atoms with Crippen LogP contribution in [0.1, 0.15) is 16.7 Å². The minimum Gasteiger partial charge on any atom is -0.489 e. The Labute approximate surface area is 117 Å². The second kappa shape index (κ2) is 6.07. The fourth-order valence-electron chi connectivity index (χ4n) is 2.00. The summed E-state index contributed by atoms with van der Waals surface area (Å²) in [5.41, 5.74) is 2.71. The van der Waals surface area contributed by atoms with E-state index < -0.39 is 12.9 Å². The number of hydrogen-bond donors (Lipinski definition) is 2. The zero-order valence-electron chi connectivity index (χ0n) is 11.4. The van der Waals surface area contributed by atoms with E-state index in [4.69, 9.17) is 14.8 Å². The standard InChI is InChI=1S/C15H16BFO3/c1-10-3-6-15(11(2)7-10)20-9-12-4-5-14(17)13(8-12)16(18)19/h3-8,18-19H,9H2,1-2H3. The first-order valence-electron chi connectivity index (χ1n) is 6.32. The van der Waals surface area contributed by atoms with Crippen molar-refractivity contribution in [2.24, 2.45) is 0 Å². The van der Waals surface area contributed by atoms with E-state index in [9.17, 15) is 4.39 Å². The van der Waals surface area contributed by atoms with Gasteiger partial charge in [0.25, 0.3) is 0 Å². The zero-order valence-corrected chi connectivity index (χ0v) is 11.4. The van der Waals surface area contributed by atoms with E-state index in [1.165, 1.54) is 12.1 Å². The monoisotopic (exact) mass is 274 g/mol. The molecule has 0 unspecified atom stereocenters. The fourth-order valence-corrected chi connectivity index (χ4v) is 2.00. The van der Waals surface area contributed by atoms with Gasteiger partial charge in [-0.05, 0) is 37.1 Å². The van der Waals surface area contributed by atoms with Gasteiger partial charge in [-0.1, -0.05) is 29.8 Å². The average Bonchev–Trinajstić information content (AvgIpc) is 2.39. The number of aryl methyl sites for hydroxylation is 2. The Kier molecular flexibility index (Phi) is 4.42. The molecular formula is C15H16BFO3. The SMILES string of the molecule is Cc1ccc(OCc2ccc(F)c(B(O)O)c2)c(C)c1. The topological polar surface area (TPSA) is 49.7 Å². The third-order valence-corrected chi connectivity index (χ3v) is 3.06. The van der Waals surface area contributed by atoms with E-state index >= 15 is 0 Å². The summed E-state index contributed by atoms with van der Waals surface area (Å²) < 4.78 is 19.0. The summed E-state index contributed by atoms with van der Waals surface area (Å²) in [6, 6.07) is 10.0. The van der Waals surface area contributed by atoms with Crippen LogP contribution in [-0.4, -0.2) is 17.2 Å². The lowest BCUT2D eigenvalue weighted by Crippen LogP contribution is -2.33. The Morgan fingerprint density at radius 2 is 1.85 bits per heavy atom. The molecule has 2 aromatic carbocycles. The van der Waals surface area contributed by atoms with E-state index in [0.29, 0.717) is 5.56 Å².